The average Bonchev–Trinajstić information content (AvgIpc) is 2.44. The number of nitrogens with zero attached hydrogens (tertiary/aromatic N) is 1. The minimum absolute atomic E-state index is 0.0906. The Morgan fingerprint density at radius 2 is 2.00 bits per heavy atom. The number of ether oxygens (including phenoxy) is 1. The minimum atomic E-state index is -0.827. The number of amides is 2. The van der Waals surface area contributed by atoms with Crippen molar-refractivity contribution >= 4 is 12.0 Å². The molecule has 0 radical (unpaired) electrons. The van der Waals surface area contributed by atoms with Gasteiger partial charge in [-0.2, -0.15) is 0 Å². The summed E-state index contributed by atoms with van der Waals surface area (Å²) >= 11 is 0. The van der Waals surface area contributed by atoms with Gasteiger partial charge in [0.25, 0.3) is 0 Å². The summed E-state index contributed by atoms with van der Waals surface area (Å²) in [5.74, 6) is -0.827. The van der Waals surface area contributed by atoms with Crippen molar-refractivity contribution in [1.82, 2.24) is 10.2 Å². The monoisotopic (exact) mass is 284 g/mol. The van der Waals surface area contributed by atoms with E-state index in [0.717, 1.165) is 12.8 Å². The Labute approximate surface area is 119 Å². The quantitative estimate of drug-likeness (QED) is 0.768. The van der Waals surface area contributed by atoms with Gasteiger partial charge in [-0.3, -0.25) is 4.79 Å². The van der Waals surface area contributed by atoms with Crippen molar-refractivity contribution in [3.05, 3.63) is 0 Å². The fourth-order valence-corrected chi connectivity index (χ4v) is 3.06. The Balaban J connectivity index is 1.76. The number of hydrogen-bond donors (Lipinski definition) is 2. The molecule has 0 aromatic rings. The van der Waals surface area contributed by atoms with E-state index in [0.29, 0.717) is 32.7 Å². The summed E-state index contributed by atoms with van der Waals surface area (Å²) in [4.78, 5) is 24.3. The molecule has 2 N–H and O–H groups in total. The third-order valence-corrected chi connectivity index (χ3v) is 4.14. The van der Waals surface area contributed by atoms with E-state index in [-0.39, 0.29) is 18.1 Å². The lowest BCUT2D eigenvalue weighted by Gasteiger charge is -2.44. The molecule has 6 nitrogen and oxygen atoms in total. The van der Waals surface area contributed by atoms with Crippen LogP contribution in [0.1, 0.15) is 44.9 Å². The Morgan fingerprint density at radius 3 is 2.70 bits per heavy atom. The number of hydrogen-bond acceptors (Lipinski definition) is 3. The topological polar surface area (TPSA) is 78.9 Å². The normalized spacial score (nSPS) is 21.7. The second-order valence-electron chi connectivity index (χ2n) is 5.74. The fourth-order valence-electron chi connectivity index (χ4n) is 3.06. The molecule has 114 valence electrons. The molecule has 1 heterocycles. The molecule has 0 unspecified atom stereocenters. The fraction of sp³-hybridized carbons (Fsp3) is 0.857. The van der Waals surface area contributed by atoms with Crippen LogP contribution in [0.5, 0.6) is 0 Å². The number of carboxylic acid groups (broad SMARTS) is 1. The van der Waals surface area contributed by atoms with Crippen molar-refractivity contribution in [2.24, 2.45) is 0 Å². The summed E-state index contributed by atoms with van der Waals surface area (Å²) in [5, 5.41) is 11.4. The van der Waals surface area contributed by atoms with Crippen LogP contribution < -0.4 is 5.32 Å². The molecular weight excluding hydrogens is 260 g/mol. The molecule has 0 aromatic carbocycles. The smallest absolute Gasteiger partial charge is 0.317 e. The van der Waals surface area contributed by atoms with Crippen LogP contribution >= 0.6 is 0 Å². The molecule has 0 bridgehead atoms. The van der Waals surface area contributed by atoms with Crippen LogP contribution in [0.2, 0.25) is 0 Å². The van der Waals surface area contributed by atoms with Crippen LogP contribution in [-0.2, 0) is 9.53 Å². The molecule has 2 amide bonds. The largest absolute Gasteiger partial charge is 0.481 e. The highest BCUT2D eigenvalue weighted by molar-refractivity contribution is 5.74. The highest BCUT2D eigenvalue weighted by Gasteiger charge is 2.39. The van der Waals surface area contributed by atoms with Crippen molar-refractivity contribution in [2.45, 2.75) is 50.5 Å². The first kappa shape index (κ1) is 15.1. The van der Waals surface area contributed by atoms with Crippen molar-refractivity contribution in [3.63, 3.8) is 0 Å². The maximum Gasteiger partial charge on any atom is 0.317 e. The zero-order chi connectivity index (χ0) is 14.4. The molecule has 2 fully saturated rings. The third kappa shape index (κ3) is 4.10. The van der Waals surface area contributed by atoms with E-state index < -0.39 is 5.97 Å². The molecule has 1 spiro atoms. The maximum atomic E-state index is 12.1. The number of carbonyl (C=O) groups is 2. The first-order valence-corrected chi connectivity index (χ1v) is 7.50. The number of nitrogens with one attached hydrogen (secondary N) is 1. The predicted molar refractivity (Wildman–Crippen MR) is 73.6 cm³/mol. The summed E-state index contributed by atoms with van der Waals surface area (Å²) in [6.45, 7) is 2.29. The van der Waals surface area contributed by atoms with Crippen molar-refractivity contribution in [2.75, 3.05) is 26.2 Å². The number of carboxylic acids is 1. The van der Waals surface area contributed by atoms with Crippen LogP contribution in [0.25, 0.3) is 0 Å². The predicted octanol–water partition coefficient (Wildman–Crippen LogP) is 1.60. The van der Waals surface area contributed by atoms with E-state index in [9.17, 15) is 9.59 Å². The van der Waals surface area contributed by atoms with E-state index in [4.69, 9.17) is 9.84 Å². The van der Waals surface area contributed by atoms with Crippen molar-refractivity contribution in [3.8, 4) is 0 Å². The van der Waals surface area contributed by atoms with E-state index >= 15 is 0 Å². The van der Waals surface area contributed by atoms with Gasteiger partial charge in [-0.15, -0.1) is 0 Å². The molecule has 0 aromatic heterocycles. The van der Waals surface area contributed by atoms with E-state index in [2.05, 4.69) is 5.32 Å². The van der Waals surface area contributed by atoms with Gasteiger partial charge in [-0.05, 0) is 19.3 Å². The second kappa shape index (κ2) is 6.92. The van der Waals surface area contributed by atoms with Crippen LogP contribution in [0.3, 0.4) is 0 Å². The number of urea groups is 1. The Hall–Kier alpha value is -1.30. The van der Waals surface area contributed by atoms with Crippen molar-refractivity contribution in [1.29, 1.82) is 0 Å². The molecule has 6 heteroatoms. The molecule has 1 aliphatic carbocycles. The number of aliphatic carboxylic acids is 1. The van der Waals surface area contributed by atoms with Crippen LogP contribution in [0, 0.1) is 0 Å². The molecule has 2 rings (SSSR count). The number of morpholine rings is 1. The molecule has 1 saturated carbocycles. The lowest BCUT2D eigenvalue weighted by atomic mass is 9.83. The molecular formula is C14H24N2O4. The van der Waals surface area contributed by atoms with Gasteiger partial charge < -0.3 is 20.1 Å². The van der Waals surface area contributed by atoms with E-state index in [1.54, 1.807) is 0 Å². The summed E-state index contributed by atoms with van der Waals surface area (Å²) < 4.78 is 5.94. The molecule has 2 aliphatic rings. The van der Waals surface area contributed by atoms with Gasteiger partial charge >= 0.3 is 12.0 Å². The van der Waals surface area contributed by atoms with Gasteiger partial charge in [-0.1, -0.05) is 19.3 Å². The maximum absolute atomic E-state index is 12.1. The first-order valence-electron chi connectivity index (χ1n) is 7.50. The highest BCUT2D eigenvalue weighted by atomic mass is 16.5. The SMILES string of the molecule is O=C(O)CCCNC(=O)N1CCOC2(CCCCC2)C1. The van der Waals surface area contributed by atoms with Gasteiger partial charge in [0, 0.05) is 19.5 Å². The lowest BCUT2D eigenvalue weighted by Crippen LogP contribution is -2.56. The van der Waals surface area contributed by atoms with Crippen molar-refractivity contribution < 1.29 is 19.4 Å². The van der Waals surface area contributed by atoms with Crippen LogP contribution in [0.4, 0.5) is 4.79 Å². The summed E-state index contributed by atoms with van der Waals surface area (Å²) in [6.07, 6.45) is 6.24. The summed E-state index contributed by atoms with van der Waals surface area (Å²) in [6, 6.07) is -0.0939. The van der Waals surface area contributed by atoms with E-state index in [1.165, 1.54) is 19.3 Å². The summed E-state index contributed by atoms with van der Waals surface area (Å²) in [5.41, 5.74) is -0.130. The lowest BCUT2D eigenvalue weighted by molar-refractivity contribution is -0.137. The summed E-state index contributed by atoms with van der Waals surface area (Å²) in [7, 11) is 0. The average molecular weight is 284 g/mol. The molecule has 1 aliphatic heterocycles. The Bertz CT molecular complexity index is 348. The van der Waals surface area contributed by atoms with Gasteiger partial charge in [0.2, 0.25) is 0 Å². The molecule has 0 atom stereocenters. The zero-order valence-electron chi connectivity index (χ0n) is 11.9. The van der Waals surface area contributed by atoms with Gasteiger partial charge in [-0.25, -0.2) is 4.79 Å². The standard InChI is InChI=1S/C14H24N2O4/c17-12(18)5-4-8-15-13(19)16-9-10-20-14(11-16)6-2-1-3-7-14/h1-11H2,(H,15,19)(H,17,18). The highest BCUT2D eigenvalue weighted by Crippen LogP contribution is 2.34. The van der Waals surface area contributed by atoms with Gasteiger partial charge in [0.05, 0.1) is 18.8 Å². The number of rotatable bonds is 4. The van der Waals surface area contributed by atoms with Crippen LogP contribution in [0.15, 0.2) is 0 Å². The minimum Gasteiger partial charge on any atom is -0.481 e. The molecule has 1 saturated heterocycles. The van der Waals surface area contributed by atoms with E-state index in [1.807, 2.05) is 4.90 Å². The Kier molecular flexibility index (Phi) is 5.23. The Morgan fingerprint density at radius 1 is 1.25 bits per heavy atom. The second-order valence-corrected chi connectivity index (χ2v) is 5.74. The first-order chi connectivity index (χ1) is 9.61. The molecule has 20 heavy (non-hydrogen) atoms. The van der Waals surface area contributed by atoms with Crippen LogP contribution in [-0.4, -0.2) is 53.8 Å². The zero-order valence-corrected chi connectivity index (χ0v) is 11.9. The van der Waals surface area contributed by atoms with Gasteiger partial charge in [0.1, 0.15) is 0 Å². The third-order valence-electron chi connectivity index (χ3n) is 4.14. The van der Waals surface area contributed by atoms with Gasteiger partial charge in [0.15, 0.2) is 0 Å². The number of carbonyl (C=O) groups excluding carboxylic acids is 1.